The number of rotatable bonds is 3. The summed E-state index contributed by atoms with van der Waals surface area (Å²) in [5, 5.41) is 0. The molecule has 98 valence electrons. The number of nitrogens with one attached hydrogen (secondary N) is 1. The highest BCUT2D eigenvalue weighted by molar-refractivity contribution is 5.43. The van der Waals surface area contributed by atoms with Gasteiger partial charge in [-0.25, -0.2) is 5.43 Å². The maximum atomic E-state index is 5.82. The van der Waals surface area contributed by atoms with Crippen molar-refractivity contribution in [2.75, 3.05) is 0 Å². The van der Waals surface area contributed by atoms with Crippen LogP contribution in [0.3, 0.4) is 0 Å². The van der Waals surface area contributed by atoms with Crippen molar-refractivity contribution < 1.29 is 0 Å². The van der Waals surface area contributed by atoms with Gasteiger partial charge in [-0.15, -0.1) is 0 Å². The van der Waals surface area contributed by atoms with E-state index in [4.69, 9.17) is 5.84 Å². The van der Waals surface area contributed by atoms with Crippen molar-refractivity contribution in [3.63, 3.8) is 0 Å². The van der Waals surface area contributed by atoms with E-state index in [0.29, 0.717) is 0 Å². The van der Waals surface area contributed by atoms with Crippen LogP contribution in [0.5, 0.6) is 0 Å². The second-order valence-corrected chi connectivity index (χ2v) is 5.44. The summed E-state index contributed by atoms with van der Waals surface area (Å²) in [5.41, 5.74) is 9.83. The molecule has 0 heterocycles. The first-order chi connectivity index (χ1) is 8.63. The van der Waals surface area contributed by atoms with E-state index in [1.165, 1.54) is 53.5 Å². The molecule has 1 atom stereocenters. The molecule has 2 nitrogen and oxygen atoms in total. The topological polar surface area (TPSA) is 38.0 Å². The molecule has 0 saturated heterocycles. The zero-order chi connectivity index (χ0) is 13.1. The van der Waals surface area contributed by atoms with Crippen LogP contribution in [0.4, 0.5) is 0 Å². The van der Waals surface area contributed by atoms with Gasteiger partial charge in [0.2, 0.25) is 0 Å². The summed E-state index contributed by atoms with van der Waals surface area (Å²) in [5.74, 6) is 5.82. The fraction of sp³-hybridized carbons (Fsp3) is 0.500. The Kier molecular flexibility index (Phi) is 4.20. The maximum Gasteiger partial charge on any atom is 0.0675 e. The van der Waals surface area contributed by atoms with Gasteiger partial charge in [-0.05, 0) is 63.1 Å². The number of hydrazine groups is 1. The highest BCUT2D eigenvalue weighted by Gasteiger charge is 2.20. The third-order valence-electron chi connectivity index (χ3n) is 3.89. The maximum absolute atomic E-state index is 5.82. The van der Waals surface area contributed by atoms with Crippen LogP contribution in [0, 0.1) is 20.8 Å². The van der Waals surface area contributed by atoms with Crippen LogP contribution in [-0.2, 0) is 0 Å². The van der Waals surface area contributed by atoms with Gasteiger partial charge in [-0.3, -0.25) is 5.84 Å². The molecule has 1 aromatic rings. The highest BCUT2D eigenvalue weighted by Crippen LogP contribution is 2.33. The molecule has 0 spiro atoms. The predicted molar refractivity (Wildman–Crippen MR) is 77.3 cm³/mol. The molecule has 0 amide bonds. The molecule has 3 N–H and O–H groups in total. The van der Waals surface area contributed by atoms with Gasteiger partial charge < -0.3 is 0 Å². The third kappa shape index (κ3) is 2.65. The lowest BCUT2D eigenvalue weighted by atomic mass is 9.85. The van der Waals surface area contributed by atoms with Crippen LogP contribution >= 0.6 is 0 Å². The number of aryl methyl sites for hydroxylation is 3. The Morgan fingerprint density at radius 3 is 2.28 bits per heavy atom. The average Bonchev–Trinajstić information content (AvgIpc) is 2.34. The van der Waals surface area contributed by atoms with Gasteiger partial charge in [0, 0.05) is 0 Å². The van der Waals surface area contributed by atoms with Crippen LogP contribution in [0.2, 0.25) is 0 Å². The number of allylic oxidation sites excluding steroid dienone is 1. The lowest BCUT2D eigenvalue weighted by molar-refractivity contribution is 0.562. The first-order valence-electron chi connectivity index (χ1n) is 6.86. The second-order valence-electron chi connectivity index (χ2n) is 5.44. The van der Waals surface area contributed by atoms with E-state index in [9.17, 15) is 0 Å². The number of hydrogen-bond donors (Lipinski definition) is 2. The van der Waals surface area contributed by atoms with Crippen molar-refractivity contribution in [2.45, 2.75) is 52.5 Å². The van der Waals surface area contributed by atoms with E-state index < -0.39 is 0 Å². The molecule has 0 radical (unpaired) electrons. The summed E-state index contributed by atoms with van der Waals surface area (Å²) in [6.07, 6.45) is 7.33. The van der Waals surface area contributed by atoms with Crippen LogP contribution in [0.15, 0.2) is 23.8 Å². The lowest BCUT2D eigenvalue weighted by Gasteiger charge is -2.26. The van der Waals surface area contributed by atoms with Crippen molar-refractivity contribution in [3.8, 4) is 0 Å². The SMILES string of the molecule is Cc1cc(C)c(C(NN)C2=CCCCC2)c(C)c1. The summed E-state index contributed by atoms with van der Waals surface area (Å²) in [4.78, 5) is 0. The zero-order valence-electron chi connectivity index (χ0n) is 11.7. The van der Waals surface area contributed by atoms with Crippen LogP contribution in [-0.4, -0.2) is 0 Å². The molecule has 18 heavy (non-hydrogen) atoms. The molecule has 1 aliphatic rings. The molecule has 0 bridgehead atoms. The van der Waals surface area contributed by atoms with Gasteiger partial charge in [0.15, 0.2) is 0 Å². The second kappa shape index (κ2) is 5.68. The molecule has 1 unspecified atom stereocenters. The lowest BCUT2D eigenvalue weighted by Crippen LogP contribution is -2.31. The van der Waals surface area contributed by atoms with E-state index in [1.807, 2.05) is 0 Å². The smallest absolute Gasteiger partial charge is 0.0675 e. The Labute approximate surface area is 110 Å². The third-order valence-corrected chi connectivity index (χ3v) is 3.89. The molecule has 0 aromatic heterocycles. The minimum atomic E-state index is 0.186. The molecule has 1 aromatic carbocycles. The van der Waals surface area contributed by atoms with Crippen LogP contribution in [0.25, 0.3) is 0 Å². The molecule has 0 saturated carbocycles. The van der Waals surface area contributed by atoms with Gasteiger partial charge in [0.1, 0.15) is 0 Å². The minimum Gasteiger partial charge on any atom is -0.271 e. The molecule has 0 fully saturated rings. The minimum absolute atomic E-state index is 0.186. The molecule has 0 aliphatic heterocycles. The Balaban J connectivity index is 2.41. The standard InChI is InChI=1S/C16H24N2/c1-11-9-12(2)15(13(3)10-11)16(18-17)14-7-5-4-6-8-14/h7,9-10,16,18H,4-6,8,17H2,1-3H3. The monoisotopic (exact) mass is 244 g/mol. The van der Waals surface area contributed by atoms with Crippen molar-refractivity contribution in [3.05, 3.63) is 46.0 Å². The molecular weight excluding hydrogens is 220 g/mol. The number of hydrogen-bond acceptors (Lipinski definition) is 2. The molecule has 2 heteroatoms. The first kappa shape index (κ1) is 13.3. The van der Waals surface area contributed by atoms with E-state index in [-0.39, 0.29) is 6.04 Å². The largest absolute Gasteiger partial charge is 0.271 e. The Hall–Kier alpha value is -1.12. The van der Waals surface area contributed by atoms with E-state index in [0.717, 1.165) is 0 Å². The summed E-state index contributed by atoms with van der Waals surface area (Å²) in [6.45, 7) is 6.51. The molecular formula is C16H24N2. The summed E-state index contributed by atoms with van der Waals surface area (Å²) in [7, 11) is 0. The summed E-state index contributed by atoms with van der Waals surface area (Å²) >= 11 is 0. The van der Waals surface area contributed by atoms with Gasteiger partial charge in [0.05, 0.1) is 6.04 Å². The molecule has 2 rings (SSSR count). The Morgan fingerprint density at radius 1 is 1.11 bits per heavy atom. The van der Waals surface area contributed by atoms with Crippen LogP contribution in [0.1, 0.15) is 54.0 Å². The highest BCUT2D eigenvalue weighted by atomic mass is 15.2. The average molecular weight is 244 g/mol. The number of nitrogens with two attached hydrogens (primary N) is 1. The van der Waals surface area contributed by atoms with E-state index >= 15 is 0 Å². The van der Waals surface area contributed by atoms with Gasteiger partial charge >= 0.3 is 0 Å². The normalized spacial score (nSPS) is 17.4. The molecule has 1 aliphatic carbocycles. The van der Waals surface area contributed by atoms with Gasteiger partial charge in [-0.1, -0.05) is 29.3 Å². The predicted octanol–water partition coefficient (Wildman–Crippen LogP) is 3.62. The Bertz CT molecular complexity index is 437. The van der Waals surface area contributed by atoms with Gasteiger partial charge in [0.25, 0.3) is 0 Å². The van der Waals surface area contributed by atoms with Crippen LogP contribution < -0.4 is 11.3 Å². The van der Waals surface area contributed by atoms with Crippen molar-refractivity contribution >= 4 is 0 Å². The summed E-state index contributed by atoms with van der Waals surface area (Å²) < 4.78 is 0. The van der Waals surface area contributed by atoms with Crippen molar-refractivity contribution in [1.82, 2.24) is 5.43 Å². The number of benzene rings is 1. The Morgan fingerprint density at radius 2 is 1.78 bits per heavy atom. The zero-order valence-corrected chi connectivity index (χ0v) is 11.7. The fourth-order valence-corrected chi connectivity index (χ4v) is 3.15. The quantitative estimate of drug-likeness (QED) is 0.484. The van der Waals surface area contributed by atoms with Crippen molar-refractivity contribution in [2.24, 2.45) is 5.84 Å². The van der Waals surface area contributed by atoms with Crippen molar-refractivity contribution in [1.29, 1.82) is 0 Å². The van der Waals surface area contributed by atoms with Gasteiger partial charge in [-0.2, -0.15) is 0 Å². The van der Waals surface area contributed by atoms with E-state index in [2.05, 4.69) is 44.4 Å². The fourth-order valence-electron chi connectivity index (χ4n) is 3.15. The van der Waals surface area contributed by atoms with E-state index in [1.54, 1.807) is 0 Å². The first-order valence-corrected chi connectivity index (χ1v) is 6.86. The summed E-state index contributed by atoms with van der Waals surface area (Å²) in [6, 6.07) is 4.68.